The number of nitrogens with zero attached hydrogens (tertiary/aromatic N) is 1. The van der Waals surface area contributed by atoms with Crippen LogP contribution in [0.5, 0.6) is 0 Å². The zero-order valence-corrected chi connectivity index (χ0v) is 17.2. The van der Waals surface area contributed by atoms with Crippen LogP contribution in [0.4, 0.5) is 5.69 Å². The molecule has 152 valence electrons. The van der Waals surface area contributed by atoms with E-state index in [1.165, 1.54) is 25.8 Å². The lowest BCUT2D eigenvalue weighted by molar-refractivity contribution is -0.116. The van der Waals surface area contributed by atoms with E-state index in [4.69, 9.17) is 4.74 Å². The molecule has 0 aromatic heterocycles. The molecule has 0 spiro atoms. The second kappa shape index (κ2) is 10.5. The summed E-state index contributed by atoms with van der Waals surface area (Å²) in [5.74, 6) is 0.842. The van der Waals surface area contributed by atoms with Crippen molar-refractivity contribution in [1.29, 1.82) is 0 Å². The van der Waals surface area contributed by atoms with Gasteiger partial charge < -0.3 is 20.3 Å². The lowest BCUT2D eigenvalue weighted by Gasteiger charge is -2.33. The summed E-state index contributed by atoms with van der Waals surface area (Å²) in [6.45, 7) is 5.70. The molecule has 0 aliphatic carbocycles. The third kappa shape index (κ3) is 6.01. The first-order valence-electron chi connectivity index (χ1n) is 10.0. The minimum absolute atomic E-state index is 0.0840. The fraction of sp³-hybridized carbons (Fsp3) is 0.524. The summed E-state index contributed by atoms with van der Waals surface area (Å²) < 4.78 is 5.34. The van der Waals surface area contributed by atoms with E-state index in [-0.39, 0.29) is 11.8 Å². The summed E-state index contributed by atoms with van der Waals surface area (Å²) in [6, 6.07) is 7.57. The van der Waals surface area contributed by atoms with Gasteiger partial charge in [-0.15, -0.1) is 11.8 Å². The first-order valence-corrected chi connectivity index (χ1v) is 11.1. The van der Waals surface area contributed by atoms with E-state index in [1.807, 2.05) is 0 Å². The quantitative estimate of drug-likeness (QED) is 0.684. The minimum atomic E-state index is -0.267. The summed E-state index contributed by atoms with van der Waals surface area (Å²) in [5, 5.41) is 7.50. The average molecular weight is 404 g/mol. The molecular weight excluding hydrogens is 374 g/mol. The Morgan fingerprint density at radius 1 is 1.21 bits per heavy atom. The van der Waals surface area contributed by atoms with Crippen LogP contribution in [0.3, 0.4) is 0 Å². The van der Waals surface area contributed by atoms with Gasteiger partial charge >= 0.3 is 0 Å². The van der Waals surface area contributed by atoms with Crippen molar-refractivity contribution in [2.45, 2.75) is 38.6 Å². The Morgan fingerprint density at radius 3 is 2.75 bits per heavy atom. The molecule has 1 atom stereocenters. The molecule has 1 aromatic carbocycles. The molecule has 0 radical (unpaired) electrons. The topological polar surface area (TPSA) is 70.7 Å². The van der Waals surface area contributed by atoms with Gasteiger partial charge in [0.2, 0.25) is 0 Å². The minimum Gasteiger partial charge on any atom is -0.487 e. The van der Waals surface area contributed by atoms with E-state index < -0.39 is 0 Å². The molecule has 2 amide bonds. The van der Waals surface area contributed by atoms with E-state index in [2.05, 4.69) is 22.5 Å². The molecule has 2 heterocycles. The van der Waals surface area contributed by atoms with Gasteiger partial charge in [0.1, 0.15) is 0 Å². The van der Waals surface area contributed by atoms with Gasteiger partial charge in [0.25, 0.3) is 11.8 Å². The van der Waals surface area contributed by atoms with Gasteiger partial charge in [0, 0.05) is 41.5 Å². The summed E-state index contributed by atoms with van der Waals surface area (Å²) in [5.41, 5.74) is 1.23. The molecule has 2 aliphatic rings. The van der Waals surface area contributed by atoms with Gasteiger partial charge in [0.05, 0.1) is 6.61 Å². The monoisotopic (exact) mass is 403 g/mol. The standard InChI is InChI=1S/C21H29N3O3S/c1-16-5-2-3-11-24(16)12-4-10-22-20(25)17-6-8-18(9-7-17)23-21(26)19-15-28-14-13-27-19/h6-9,15-16H,2-5,10-14H2,1H3,(H,22,25)(H,23,26)/t16-/m0/s1. The highest BCUT2D eigenvalue weighted by atomic mass is 32.2. The van der Waals surface area contributed by atoms with Crippen LogP contribution in [0.25, 0.3) is 0 Å². The number of rotatable bonds is 7. The van der Waals surface area contributed by atoms with Crippen molar-refractivity contribution >= 4 is 29.3 Å². The van der Waals surface area contributed by atoms with Gasteiger partial charge in [0.15, 0.2) is 5.76 Å². The maximum atomic E-state index is 12.3. The first kappa shape index (κ1) is 20.7. The number of carbonyl (C=O) groups excluding carboxylic acids is 2. The predicted octanol–water partition coefficient (Wildman–Crippen LogP) is 3.22. The average Bonchev–Trinajstić information content (AvgIpc) is 2.73. The number of carbonyl (C=O) groups is 2. The smallest absolute Gasteiger partial charge is 0.291 e. The van der Waals surface area contributed by atoms with Crippen LogP contribution >= 0.6 is 11.8 Å². The zero-order valence-electron chi connectivity index (χ0n) is 16.4. The van der Waals surface area contributed by atoms with Crippen LogP contribution in [0.1, 0.15) is 43.0 Å². The number of hydrogen-bond acceptors (Lipinski definition) is 5. The molecule has 0 unspecified atom stereocenters. The molecule has 0 bridgehead atoms. The molecule has 7 heteroatoms. The van der Waals surface area contributed by atoms with E-state index in [0.717, 1.165) is 18.7 Å². The Labute approximate surface area is 171 Å². The maximum Gasteiger partial charge on any atom is 0.291 e. The van der Waals surface area contributed by atoms with Gasteiger partial charge in [-0.05, 0) is 57.0 Å². The zero-order chi connectivity index (χ0) is 19.8. The number of ether oxygens (including phenoxy) is 1. The normalized spacial score (nSPS) is 20.0. The van der Waals surface area contributed by atoms with Gasteiger partial charge in [-0.2, -0.15) is 0 Å². The Morgan fingerprint density at radius 2 is 2.04 bits per heavy atom. The van der Waals surface area contributed by atoms with Crippen LogP contribution < -0.4 is 10.6 Å². The van der Waals surface area contributed by atoms with Crippen molar-refractivity contribution < 1.29 is 14.3 Å². The maximum absolute atomic E-state index is 12.3. The van der Waals surface area contributed by atoms with Crippen molar-refractivity contribution in [2.24, 2.45) is 0 Å². The summed E-state index contributed by atoms with van der Waals surface area (Å²) >= 11 is 1.56. The van der Waals surface area contributed by atoms with E-state index in [0.29, 0.717) is 36.2 Å². The fourth-order valence-corrected chi connectivity index (χ4v) is 4.08. The third-order valence-corrected chi connectivity index (χ3v) is 5.91. The number of nitrogens with one attached hydrogen (secondary N) is 2. The third-order valence-electron chi connectivity index (χ3n) is 5.13. The molecule has 1 aromatic rings. The van der Waals surface area contributed by atoms with Gasteiger partial charge in [-0.3, -0.25) is 9.59 Å². The largest absolute Gasteiger partial charge is 0.487 e. The second-order valence-electron chi connectivity index (χ2n) is 7.22. The Balaban J connectivity index is 1.40. The van der Waals surface area contributed by atoms with Gasteiger partial charge in [-0.1, -0.05) is 6.42 Å². The van der Waals surface area contributed by atoms with E-state index in [1.54, 1.807) is 41.4 Å². The summed E-state index contributed by atoms with van der Waals surface area (Å²) in [4.78, 5) is 26.9. The van der Waals surface area contributed by atoms with E-state index in [9.17, 15) is 9.59 Å². The van der Waals surface area contributed by atoms with Crippen LogP contribution in [0.15, 0.2) is 35.4 Å². The van der Waals surface area contributed by atoms with Crippen molar-refractivity contribution in [3.05, 3.63) is 41.0 Å². The van der Waals surface area contributed by atoms with Crippen molar-refractivity contribution in [1.82, 2.24) is 10.2 Å². The lowest BCUT2D eigenvalue weighted by Crippen LogP contribution is -2.39. The number of thioether (sulfide) groups is 1. The molecule has 1 saturated heterocycles. The summed E-state index contributed by atoms with van der Waals surface area (Å²) in [7, 11) is 0. The number of benzene rings is 1. The molecule has 6 nitrogen and oxygen atoms in total. The van der Waals surface area contributed by atoms with Crippen molar-refractivity contribution in [2.75, 3.05) is 37.3 Å². The van der Waals surface area contributed by atoms with Gasteiger partial charge in [-0.25, -0.2) is 0 Å². The van der Waals surface area contributed by atoms with Crippen molar-refractivity contribution in [3.8, 4) is 0 Å². The highest BCUT2D eigenvalue weighted by Gasteiger charge is 2.17. The molecular formula is C21H29N3O3S. The highest BCUT2D eigenvalue weighted by molar-refractivity contribution is 8.02. The van der Waals surface area contributed by atoms with Crippen molar-refractivity contribution in [3.63, 3.8) is 0 Å². The second-order valence-corrected chi connectivity index (χ2v) is 8.20. The Hall–Kier alpha value is -1.99. The molecule has 2 N–H and O–H groups in total. The Bertz CT molecular complexity index is 705. The summed E-state index contributed by atoms with van der Waals surface area (Å²) in [6.07, 6.45) is 4.84. The van der Waals surface area contributed by atoms with Crippen LogP contribution in [0, 0.1) is 0 Å². The molecule has 2 aliphatic heterocycles. The van der Waals surface area contributed by atoms with Crippen LogP contribution in [-0.4, -0.2) is 54.8 Å². The molecule has 28 heavy (non-hydrogen) atoms. The highest BCUT2D eigenvalue weighted by Crippen LogP contribution is 2.18. The SMILES string of the molecule is C[C@H]1CCCCN1CCCNC(=O)c1ccc(NC(=O)C2=CSCCO2)cc1. The Kier molecular flexibility index (Phi) is 7.80. The number of likely N-dealkylation sites (tertiary alicyclic amines) is 1. The van der Waals surface area contributed by atoms with Crippen LogP contribution in [-0.2, 0) is 9.53 Å². The number of piperidine rings is 1. The lowest BCUT2D eigenvalue weighted by atomic mass is 10.0. The fourth-order valence-electron chi connectivity index (χ4n) is 3.46. The number of anilines is 1. The number of amides is 2. The van der Waals surface area contributed by atoms with E-state index >= 15 is 0 Å². The predicted molar refractivity (Wildman–Crippen MR) is 113 cm³/mol. The number of hydrogen-bond donors (Lipinski definition) is 2. The molecule has 0 saturated carbocycles. The van der Waals surface area contributed by atoms with Crippen LogP contribution in [0.2, 0.25) is 0 Å². The first-order chi connectivity index (χ1) is 13.6. The molecule has 3 rings (SSSR count). The molecule has 1 fully saturated rings.